The summed E-state index contributed by atoms with van der Waals surface area (Å²) in [6.45, 7) is 12.3. The highest BCUT2D eigenvalue weighted by molar-refractivity contribution is 7.15. The van der Waals surface area contributed by atoms with Crippen molar-refractivity contribution in [2.75, 3.05) is 7.11 Å². The number of thiazole rings is 1. The number of benzene rings is 2. The maximum atomic E-state index is 13.2. The zero-order valence-corrected chi connectivity index (χ0v) is 22.5. The standard InChI is InChI=1S/C28H31N3O4S/c1-27(2,3)19-12-17(13-20(23(19)32)28(4,5)6)15-22-25(34)31-26(36-22)29-24(33)21(30-31)14-16-8-10-18(35-7)11-9-16/h8-13,15,32H,14H2,1-7H3. The van der Waals surface area contributed by atoms with Crippen molar-refractivity contribution in [3.63, 3.8) is 0 Å². The highest BCUT2D eigenvalue weighted by atomic mass is 32.1. The van der Waals surface area contributed by atoms with Crippen LogP contribution >= 0.6 is 11.3 Å². The van der Waals surface area contributed by atoms with Crippen LogP contribution in [0.1, 0.15) is 69.5 Å². The first-order chi connectivity index (χ1) is 16.8. The van der Waals surface area contributed by atoms with E-state index in [1.807, 2.05) is 77.9 Å². The van der Waals surface area contributed by atoms with Crippen molar-refractivity contribution in [1.82, 2.24) is 14.6 Å². The lowest BCUT2D eigenvalue weighted by Gasteiger charge is -2.27. The van der Waals surface area contributed by atoms with Crippen LogP contribution in [-0.4, -0.2) is 26.8 Å². The molecule has 0 spiro atoms. The van der Waals surface area contributed by atoms with Gasteiger partial charge in [0.1, 0.15) is 17.2 Å². The molecule has 2 aromatic heterocycles. The van der Waals surface area contributed by atoms with E-state index in [0.717, 1.165) is 39.3 Å². The molecule has 0 aliphatic carbocycles. The molecule has 0 aliphatic rings. The summed E-state index contributed by atoms with van der Waals surface area (Å²) >= 11 is 1.13. The number of fused-ring (bicyclic) bond motifs is 1. The summed E-state index contributed by atoms with van der Waals surface area (Å²) in [5, 5.41) is 15.3. The predicted molar refractivity (Wildman–Crippen MR) is 143 cm³/mol. The summed E-state index contributed by atoms with van der Waals surface area (Å²) in [6, 6.07) is 11.1. The quantitative estimate of drug-likeness (QED) is 0.451. The van der Waals surface area contributed by atoms with Crippen LogP contribution in [0.2, 0.25) is 0 Å². The smallest absolute Gasteiger partial charge is 0.296 e. The Morgan fingerprint density at radius 1 is 1.00 bits per heavy atom. The lowest BCUT2D eigenvalue weighted by molar-refractivity contribution is 0.414. The predicted octanol–water partition coefficient (Wildman–Crippen LogP) is 3.96. The fourth-order valence-electron chi connectivity index (χ4n) is 4.02. The van der Waals surface area contributed by atoms with Gasteiger partial charge in [0, 0.05) is 17.5 Å². The molecular weight excluding hydrogens is 474 g/mol. The lowest BCUT2D eigenvalue weighted by Crippen LogP contribution is -2.28. The van der Waals surface area contributed by atoms with Gasteiger partial charge >= 0.3 is 0 Å². The number of phenols is 1. The second kappa shape index (κ2) is 9.17. The van der Waals surface area contributed by atoms with Crippen LogP contribution in [0, 0.1) is 0 Å². The second-order valence-electron chi connectivity index (χ2n) is 11.0. The molecule has 0 amide bonds. The normalized spacial score (nSPS) is 12.9. The van der Waals surface area contributed by atoms with Gasteiger partial charge in [0.05, 0.1) is 11.6 Å². The summed E-state index contributed by atoms with van der Waals surface area (Å²) in [5.41, 5.74) is 2.12. The van der Waals surface area contributed by atoms with E-state index in [1.165, 1.54) is 4.52 Å². The minimum Gasteiger partial charge on any atom is -0.507 e. The molecule has 2 aromatic carbocycles. The summed E-state index contributed by atoms with van der Waals surface area (Å²) in [7, 11) is 1.59. The van der Waals surface area contributed by atoms with Crippen molar-refractivity contribution >= 4 is 22.4 Å². The van der Waals surface area contributed by atoms with Crippen LogP contribution in [0.3, 0.4) is 0 Å². The largest absolute Gasteiger partial charge is 0.507 e. The number of aromatic nitrogens is 3. The van der Waals surface area contributed by atoms with Gasteiger partial charge in [0.2, 0.25) is 4.96 Å². The molecular formula is C28H31N3O4S. The number of rotatable bonds is 4. The van der Waals surface area contributed by atoms with Gasteiger partial charge in [0.25, 0.3) is 11.1 Å². The van der Waals surface area contributed by atoms with Crippen molar-refractivity contribution in [3.05, 3.63) is 89.6 Å². The van der Waals surface area contributed by atoms with Crippen LogP contribution in [0.4, 0.5) is 0 Å². The maximum absolute atomic E-state index is 13.2. The topological polar surface area (TPSA) is 93.8 Å². The van der Waals surface area contributed by atoms with Crippen molar-refractivity contribution < 1.29 is 9.84 Å². The van der Waals surface area contributed by atoms with E-state index in [1.54, 1.807) is 13.2 Å². The first-order valence-corrected chi connectivity index (χ1v) is 12.5. The number of hydrogen-bond acceptors (Lipinski definition) is 7. The molecule has 0 saturated heterocycles. The van der Waals surface area contributed by atoms with Gasteiger partial charge < -0.3 is 9.84 Å². The number of aromatic hydroxyl groups is 1. The molecule has 188 valence electrons. The van der Waals surface area contributed by atoms with Gasteiger partial charge in [-0.05, 0) is 52.3 Å². The number of phenolic OH excluding ortho intramolecular Hbond substituents is 1. The Balaban J connectivity index is 1.83. The monoisotopic (exact) mass is 505 g/mol. The van der Waals surface area contributed by atoms with Crippen LogP contribution in [0.15, 0.2) is 46.0 Å². The fourth-order valence-corrected chi connectivity index (χ4v) is 4.93. The van der Waals surface area contributed by atoms with E-state index >= 15 is 0 Å². The van der Waals surface area contributed by atoms with Gasteiger partial charge in [-0.25, -0.2) is 0 Å². The van der Waals surface area contributed by atoms with Crippen molar-refractivity contribution in [2.24, 2.45) is 0 Å². The van der Waals surface area contributed by atoms with Gasteiger partial charge in [-0.1, -0.05) is 65.0 Å². The zero-order valence-electron chi connectivity index (χ0n) is 21.7. The van der Waals surface area contributed by atoms with E-state index in [9.17, 15) is 14.7 Å². The molecule has 0 atom stereocenters. The average molecular weight is 506 g/mol. The summed E-state index contributed by atoms with van der Waals surface area (Å²) < 4.78 is 6.79. The molecule has 8 heteroatoms. The minimum absolute atomic E-state index is 0.203. The molecule has 4 rings (SSSR count). The fraction of sp³-hybridized carbons (Fsp3) is 0.357. The SMILES string of the molecule is COc1ccc(Cc2nn3c(=O)c(=Cc4cc(C(C)(C)C)c(O)c(C(C)(C)C)c4)sc3nc2=O)cc1. The molecule has 7 nitrogen and oxygen atoms in total. The van der Waals surface area contributed by atoms with Crippen LogP contribution < -0.4 is 20.4 Å². The Hall–Kier alpha value is -3.52. The third-order valence-electron chi connectivity index (χ3n) is 6.03. The first-order valence-electron chi connectivity index (χ1n) is 11.7. The third-order valence-corrected chi connectivity index (χ3v) is 6.99. The molecule has 0 saturated carbocycles. The van der Waals surface area contributed by atoms with E-state index in [2.05, 4.69) is 10.1 Å². The van der Waals surface area contributed by atoms with Crippen LogP contribution in [-0.2, 0) is 17.3 Å². The summed E-state index contributed by atoms with van der Waals surface area (Å²) in [4.78, 5) is 30.3. The van der Waals surface area contributed by atoms with E-state index in [0.29, 0.717) is 4.53 Å². The van der Waals surface area contributed by atoms with Gasteiger partial charge in [-0.3, -0.25) is 9.59 Å². The Labute approximate surface area is 213 Å². The highest BCUT2D eigenvalue weighted by Gasteiger charge is 2.26. The Morgan fingerprint density at radius 3 is 2.11 bits per heavy atom. The maximum Gasteiger partial charge on any atom is 0.296 e. The molecule has 0 aliphatic heterocycles. The second-order valence-corrected chi connectivity index (χ2v) is 12.0. The van der Waals surface area contributed by atoms with E-state index in [-0.39, 0.29) is 39.2 Å². The van der Waals surface area contributed by atoms with Crippen LogP contribution in [0.25, 0.3) is 11.0 Å². The Kier molecular flexibility index (Phi) is 6.51. The highest BCUT2D eigenvalue weighted by Crippen LogP contribution is 2.39. The van der Waals surface area contributed by atoms with Gasteiger partial charge in [-0.15, -0.1) is 0 Å². The average Bonchev–Trinajstić information content (AvgIpc) is 3.08. The number of nitrogens with zero attached hydrogens (tertiary/aromatic N) is 3. The van der Waals surface area contributed by atoms with Crippen LogP contribution in [0.5, 0.6) is 11.5 Å². The minimum atomic E-state index is -0.451. The van der Waals surface area contributed by atoms with Crippen molar-refractivity contribution in [3.8, 4) is 11.5 Å². The Morgan fingerprint density at radius 2 is 1.58 bits per heavy atom. The number of ether oxygens (including phenoxy) is 1. The molecule has 0 radical (unpaired) electrons. The summed E-state index contributed by atoms with van der Waals surface area (Å²) in [5.74, 6) is 0.998. The molecule has 0 fully saturated rings. The van der Waals surface area contributed by atoms with Gasteiger partial charge in [-0.2, -0.15) is 14.6 Å². The molecule has 4 aromatic rings. The zero-order chi connectivity index (χ0) is 26.4. The van der Waals surface area contributed by atoms with E-state index in [4.69, 9.17) is 4.74 Å². The molecule has 36 heavy (non-hydrogen) atoms. The molecule has 0 bridgehead atoms. The molecule has 1 N–H and O–H groups in total. The lowest BCUT2D eigenvalue weighted by atomic mass is 9.78. The van der Waals surface area contributed by atoms with Gasteiger partial charge in [0.15, 0.2) is 0 Å². The summed E-state index contributed by atoms with van der Waals surface area (Å²) in [6.07, 6.45) is 2.04. The van der Waals surface area contributed by atoms with Crippen molar-refractivity contribution in [1.29, 1.82) is 0 Å². The number of methoxy groups -OCH3 is 1. The van der Waals surface area contributed by atoms with E-state index < -0.39 is 5.56 Å². The Bertz CT molecular complexity index is 1570. The third kappa shape index (κ3) is 5.04. The number of hydrogen-bond donors (Lipinski definition) is 1. The molecule has 2 heterocycles. The first kappa shape index (κ1) is 25.6. The molecule has 0 unspecified atom stereocenters. The van der Waals surface area contributed by atoms with Crippen molar-refractivity contribution in [2.45, 2.75) is 58.8 Å².